The summed E-state index contributed by atoms with van der Waals surface area (Å²) in [5.74, 6) is 1.47. The molecule has 0 heterocycles. The quantitative estimate of drug-likeness (QED) is 0.772. The minimum atomic E-state index is -0.0220. The zero-order valence-electron chi connectivity index (χ0n) is 9.45. The van der Waals surface area contributed by atoms with Crippen LogP contribution in [0.3, 0.4) is 0 Å². The first-order valence-corrected chi connectivity index (χ1v) is 6.29. The number of nitrogens with two attached hydrogens (primary N) is 1. The highest BCUT2D eigenvalue weighted by Crippen LogP contribution is 2.24. The summed E-state index contributed by atoms with van der Waals surface area (Å²) in [5, 5.41) is 2.76. The van der Waals surface area contributed by atoms with E-state index in [1.165, 1.54) is 0 Å². The molecule has 0 atom stereocenters. The Morgan fingerprint density at radius 3 is 2.88 bits per heavy atom. The van der Waals surface area contributed by atoms with Crippen molar-refractivity contribution in [1.82, 2.24) is 0 Å². The second-order valence-electron chi connectivity index (χ2n) is 3.24. The van der Waals surface area contributed by atoms with Gasteiger partial charge in [0.05, 0.1) is 18.5 Å². The summed E-state index contributed by atoms with van der Waals surface area (Å²) in [6, 6.07) is 5.19. The maximum Gasteiger partial charge on any atom is 0.225 e. The molecule has 0 aliphatic heterocycles. The van der Waals surface area contributed by atoms with Crippen LogP contribution in [0.25, 0.3) is 0 Å². The molecule has 0 aromatic heterocycles. The number of methoxy groups -OCH3 is 1. The van der Waals surface area contributed by atoms with Crippen LogP contribution in [0.2, 0.25) is 0 Å². The van der Waals surface area contributed by atoms with E-state index in [9.17, 15) is 4.79 Å². The maximum atomic E-state index is 11.5. The molecule has 0 unspecified atom stereocenters. The summed E-state index contributed by atoms with van der Waals surface area (Å²) in [5.41, 5.74) is 6.92. The molecule has 0 fully saturated rings. The van der Waals surface area contributed by atoms with Gasteiger partial charge in [-0.05, 0) is 18.4 Å². The average molecular weight is 240 g/mol. The molecule has 0 aliphatic rings. The number of carbonyl (C=O) groups is 1. The van der Waals surface area contributed by atoms with E-state index in [0.29, 0.717) is 23.5 Å². The fourth-order valence-electron chi connectivity index (χ4n) is 1.19. The first-order valence-electron chi connectivity index (χ1n) is 4.89. The highest BCUT2D eigenvalue weighted by molar-refractivity contribution is 7.98. The first-order chi connectivity index (χ1) is 7.67. The van der Waals surface area contributed by atoms with Crippen molar-refractivity contribution in [2.24, 2.45) is 0 Å². The van der Waals surface area contributed by atoms with Gasteiger partial charge >= 0.3 is 0 Å². The van der Waals surface area contributed by atoms with Crippen LogP contribution in [0.5, 0.6) is 5.75 Å². The third-order valence-electron chi connectivity index (χ3n) is 2.07. The molecule has 4 nitrogen and oxygen atoms in total. The second kappa shape index (κ2) is 6.27. The number of ether oxygens (including phenoxy) is 1. The Bertz CT molecular complexity index is 369. The SMILES string of the molecule is COc1ccc(NC(=O)CCSC)c(N)c1. The number of nitrogens with one attached hydrogen (secondary N) is 1. The van der Waals surface area contributed by atoms with Crippen molar-refractivity contribution in [3.63, 3.8) is 0 Å². The molecular weight excluding hydrogens is 224 g/mol. The number of benzene rings is 1. The lowest BCUT2D eigenvalue weighted by atomic mass is 10.2. The van der Waals surface area contributed by atoms with Gasteiger partial charge in [-0.1, -0.05) is 0 Å². The normalized spacial score (nSPS) is 9.88. The fraction of sp³-hybridized carbons (Fsp3) is 0.364. The van der Waals surface area contributed by atoms with Gasteiger partial charge in [-0.3, -0.25) is 4.79 Å². The Kier molecular flexibility index (Phi) is 4.98. The van der Waals surface area contributed by atoms with Crippen molar-refractivity contribution in [2.45, 2.75) is 6.42 Å². The first kappa shape index (κ1) is 12.7. The Balaban J connectivity index is 2.63. The number of nitrogen functional groups attached to an aromatic ring is 1. The Hall–Kier alpha value is -1.36. The van der Waals surface area contributed by atoms with Crippen molar-refractivity contribution in [1.29, 1.82) is 0 Å². The van der Waals surface area contributed by atoms with Crippen LogP contribution in [-0.2, 0) is 4.79 Å². The topological polar surface area (TPSA) is 64.3 Å². The van der Waals surface area contributed by atoms with Crippen LogP contribution in [0.1, 0.15) is 6.42 Å². The van der Waals surface area contributed by atoms with Crippen LogP contribution >= 0.6 is 11.8 Å². The van der Waals surface area contributed by atoms with Gasteiger partial charge in [0.15, 0.2) is 0 Å². The molecule has 16 heavy (non-hydrogen) atoms. The lowest BCUT2D eigenvalue weighted by Gasteiger charge is -2.09. The molecule has 1 amide bonds. The van der Waals surface area contributed by atoms with Crippen molar-refractivity contribution < 1.29 is 9.53 Å². The molecule has 0 spiro atoms. The van der Waals surface area contributed by atoms with E-state index in [1.807, 2.05) is 6.26 Å². The predicted molar refractivity (Wildman–Crippen MR) is 69.0 cm³/mol. The summed E-state index contributed by atoms with van der Waals surface area (Å²) in [6.07, 6.45) is 2.46. The standard InChI is InChI=1S/C11H16N2O2S/c1-15-8-3-4-10(9(12)7-8)13-11(14)5-6-16-2/h3-4,7H,5-6,12H2,1-2H3,(H,13,14). The van der Waals surface area contributed by atoms with Crippen molar-refractivity contribution in [3.8, 4) is 5.75 Å². The van der Waals surface area contributed by atoms with Crippen molar-refractivity contribution in [2.75, 3.05) is 30.2 Å². The minimum Gasteiger partial charge on any atom is -0.497 e. The number of hydrogen-bond acceptors (Lipinski definition) is 4. The molecule has 5 heteroatoms. The Labute approximate surface area is 99.5 Å². The second-order valence-corrected chi connectivity index (χ2v) is 4.23. The number of amides is 1. The van der Waals surface area contributed by atoms with E-state index in [2.05, 4.69) is 5.32 Å². The van der Waals surface area contributed by atoms with Crippen LogP contribution in [0.15, 0.2) is 18.2 Å². The van der Waals surface area contributed by atoms with E-state index in [0.717, 1.165) is 5.75 Å². The highest BCUT2D eigenvalue weighted by Gasteiger charge is 2.05. The maximum absolute atomic E-state index is 11.5. The lowest BCUT2D eigenvalue weighted by Crippen LogP contribution is -2.13. The van der Waals surface area contributed by atoms with Gasteiger partial charge in [0.25, 0.3) is 0 Å². The Morgan fingerprint density at radius 1 is 1.56 bits per heavy atom. The fourth-order valence-corrected chi connectivity index (χ4v) is 1.58. The molecule has 0 saturated heterocycles. The van der Waals surface area contributed by atoms with Crippen molar-refractivity contribution >= 4 is 29.0 Å². The molecule has 0 aliphatic carbocycles. The molecular formula is C11H16N2O2S. The van der Waals surface area contributed by atoms with Crippen LogP contribution < -0.4 is 15.8 Å². The third kappa shape index (κ3) is 3.66. The van der Waals surface area contributed by atoms with Crippen LogP contribution in [0.4, 0.5) is 11.4 Å². The van der Waals surface area contributed by atoms with Gasteiger partial charge in [-0.2, -0.15) is 11.8 Å². The highest BCUT2D eigenvalue weighted by atomic mass is 32.2. The van der Waals surface area contributed by atoms with Gasteiger partial charge in [0, 0.05) is 18.2 Å². The molecule has 0 saturated carbocycles. The largest absolute Gasteiger partial charge is 0.497 e. The van der Waals surface area contributed by atoms with Crippen LogP contribution in [-0.4, -0.2) is 25.0 Å². The van der Waals surface area contributed by atoms with Gasteiger partial charge in [-0.15, -0.1) is 0 Å². The summed E-state index contributed by atoms with van der Waals surface area (Å²) in [7, 11) is 1.57. The monoisotopic (exact) mass is 240 g/mol. The summed E-state index contributed by atoms with van der Waals surface area (Å²) < 4.78 is 5.02. The van der Waals surface area contributed by atoms with Crippen molar-refractivity contribution in [3.05, 3.63) is 18.2 Å². The lowest BCUT2D eigenvalue weighted by molar-refractivity contribution is -0.115. The zero-order chi connectivity index (χ0) is 12.0. The molecule has 0 bridgehead atoms. The molecule has 88 valence electrons. The van der Waals surface area contributed by atoms with Gasteiger partial charge in [-0.25, -0.2) is 0 Å². The third-order valence-corrected chi connectivity index (χ3v) is 2.68. The number of hydrogen-bond donors (Lipinski definition) is 2. The summed E-state index contributed by atoms with van der Waals surface area (Å²) in [6.45, 7) is 0. The number of rotatable bonds is 5. The van der Waals surface area contributed by atoms with Gasteiger partial charge < -0.3 is 15.8 Å². The van der Waals surface area contributed by atoms with E-state index in [1.54, 1.807) is 37.1 Å². The summed E-state index contributed by atoms with van der Waals surface area (Å²) >= 11 is 1.64. The Morgan fingerprint density at radius 2 is 2.31 bits per heavy atom. The number of carbonyl (C=O) groups excluding carboxylic acids is 1. The van der Waals surface area contributed by atoms with E-state index >= 15 is 0 Å². The average Bonchev–Trinajstić information content (AvgIpc) is 2.29. The number of anilines is 2. The number of thioether (sulfide) groups is 1. The molecule has 0 radical (unpaired) electrons. The smallest absolute Gasteiger partial charge is 0.225 e. The summed E-state index contributed by atoms with van der Waals surface area (Å²) in [4.78, 5) is 11.5. The molecule has 1 rings (SSSR count). The molecule has 1 aromatic rings. The van der Waals surface area contributed by atoms with E-state index in [-0.39, 0.29) is 5.91 Å². The van der Waals surface area contributed by atoms with Crippen LogP contribution in [0, 0.1) is 0 Å². The van der Waals surface area contributed by atoms with Gasteiger partial charge in [0.1, 0.15) is 5.75 Å². The van der Waals surface area contributed by atoms with E-state index in [4.69, 9.17) is 10.5 Å². The minimum absolute atomic E-state index is 0.0220. The molecule has 1 aromatic carbocycles. The van der Waals surface area contributed by atoms with Gasteiger partial charge in [0.2, 0.25) is 5.91 Å². The zero-order valence-corrected chi connectivity index (χ0v) is 10.3. The molecule has 3 N–H and O–H groups in total. The van der Waals surface area contributed by atoms with E-state index < -0.39 is 0 Å². The predicted octanol–water partition coefficient (Wildman–Crippen LogP) is 1.97.